The maximum absolute atomic E-state index is 10.9. The molecule has 1 aromatic heterocycles. The lowest BCUT2D eigenvalue weighted by Crippen LogP contribution is -2.33. The lowest BCUT2D eigenvalue weighted by molar-refractivity contribution is -0.118. The average Bonchev–Trinajstić information content (AvgIpc) is 2.28. The van der Waals surface area contributed by atoms with Crippen molar-refractivity contribution in [2.75, 3.05) is 19.5 Å². The van der Waals surface area contributed by atoms with Crippen molar-refractivity contribution >= 4 is 11.9 Å². The second-order valence-electron chi connectivity index (χ2n) is 3.04. The summed E-state index contributed by atoms with van der Waals surface area (Å²) in [6.45, 7) is 1.61. The van der Waals surface area contributed by atoms with Crippen molar-refractivity contribution in [3.05, 3.63) is 6.07 Å². The third kappa shape index (κ3) is 2.97. The summed E-state index contributed by atoms with van der Waals surface area (Å²) in [6.07, 6.45) is 0. The molecule has 0 aliphatic heterocycles. The van der Waals surface area contributed by atoms with Gasteiger partial charge in [-0.3, -0.25) is 4.79 Å². The molecule has 1 rings (SSSR count). The highest BCUT2D eigenvalue weighted by molar-refractivity contribution is 5.81. The standard InChI is InChI=1S/C9H14N4O3/c1-5(8(10)14)11-9-12-6(15-2)4-7(13-9)16-3/h4-5H,1-3H3,(H2,10,14)(H,11,12,13). The number of hydrogen-bond acceptors (Lipinski definition) is 6. The highest BCUT2D eigenvalue weighted by Gasteiger charge is 2.11. The van der Waals surface area contributed by atoms with Gasteiger partial charge in [0.15, 0.2) is 0 Å². The van der Waals surface area contributed by atoms with Crippen molar-refractivity contribution in [1.82, 2.24) is 9.97 Å². The number of nitrogens with two attached hydrogens (primary N) is 1. The fourth-order valence-electron chi connectivity index (χ4n) is 0.942. The molecule has 7 nitrogen and oxygen atoms in total. The molecule has 0 radical (unpaired) electrons. The van der Waals surface area contributed by atoms with E-state index in [1.807, 2.05) is 0 Å². The molecule has 0 bridgehead atoms. The summed E-state index contributed by atoms with van der Waals surface area (Å²) in [5.41, 5.74) is 5.11. The summed E-state index contributed by atoms with van der Waals surface area (Å²) in [7, 11) is 2.95. The van der Waals surface area contributed by atoms with E-state index in [4.69, 9.17) is 15.2 Å². The summed E-state index contributed by atoms with van der Waals surface area (Å²) >= 11 is 0. The summed E-state index contributed by atoms with van der Waals surface area (Å²) in [6, 6.07) is 0.955. The molecule has 0 saturated carbocycles. The van der Waals surface area contributed by atoms with E-state index in [9.17, 15) is 4.79 Å². The van der Waals surface area contributed by atoms with Crippen LogP contribution < -0.4 is 20.5 Å². The van der Waals surface area contributed by atoms with Crippen molar-refractivity contribution < 1.29 is 14.3 Å². The van der Waals surface area contributed by atoms with Gasteiger partial charge in [-0.2, -0.15) is 9.97 Å². The number of methoxy groups -OCH3 is 2. The molecule has 1 aromatic rings. The van der Waals surface area contributed by atoms with Crippen LogP contribution in [0.5, 0.6) is 11.8 Å². The van der Waals surface area contributed by atoms with Gasteiger partial charge in [0.2, 0.25) is 23.6 Å². The topological polar surface area (TPSA) is 99.4 Å². The number of nitrogens with zero attached hydrogens (tertiary/aromatic N) is 2. The van der Waals surface area contributed by atoms with Gasteiger partial charge in [0.1, 0.15) is 6.04 Å². The predicted octanol–water partition coefficient (Wildman–Crippen LogP) is -0.220. The van der Waals surface area contributed by atoms with E-state index in [0.717, 1.165) is 0 Å². The Kier molecular flexibility index (Phi) is 3.87. The van der Waals surface area contributed by atoms with E-state index in [-0.39, 0.29) is 5.95 Å². The molecule has 0 aliphatic carbocycles. The number of primary amides is 1. The first-order chi connectivity index (χ1) is 7.56. The van der Waals surface area contributed by atoms with Gasteiger partial charge < -0.3 is 20.5 Å². The Labute approximate surface area is 93.0 Å². The fourth-order valence-corrected chi connectivity index (χ4v) is 0.942. The van der Waals surface area contributed by atoms with Crippen molar-refractivity contribution in [3.8, 4) is 11.8 Å². The van der Waals surface area contributed by atoms with E-state index in [1.54, 1.807) is 6.92 Å². The molecule has 0 spiro atoms. The SMILES string of the molecule is COc1cc(OC)nc(NC(C)C(N)=O)n1. The quantitative estimate of drug-likeness (QED) is 0.720. The summed E-state index contributed by atoms with van der Waals surface area (Å²) in [4.78, 5) is 18.8. The van der Waals surface area contributed by atoms with Crippen molar-refractivity contribution in [2.45, 2.75) is 13.0 Å². The van der Waals surface area contributed by atoms with Crippen LogP contribution in [0, 0.1) is 0 Å². The van der Waals surface area contributed by atoms with E-state index >= 15 is 0 Å². The van der Waals surface area contributed by atoms with Crippen LogP contribution in [-0.2, 0) is 4.79 Å². The highest BCUT2D eigenvalue weighted by Crippen LogP contribution is 2.17. The maximum atomic E-state index is 10.9. The minimum atomic E-state index is -0.572. The number of hydrogen-bond donors (Lipinski definition) is 2. The van der Waals surface area contributed by atoms with Gasteiger partial charge in [0, 0.05) is 0 Å². The summed E-state index contributed by atoms with van der Waals surface area (Å²) in [5.74, 6) is 0.407. The number of nitrogens with one attached hydrogen (secondary N) is 1. The number of ether oxygens (including phenoxy) is 2. The third-order valence-electron chi connectivity index (χ3n) is 1.87. The Balaban J connectivity index is 2.90. The Morgan fingerprint density at radius 2 is 1.88 bits per heavy atom. The van der Waals surface area contributed by atoms with E-state index in [2.05, 4.69) is 15.3 Å². The van der Waals surface area contributed by atoms with Crippen LogP contribution in [0.1, 0.15) is 6.92 Å². The number of amides is 1. The van der Waals surface area contributed by atoms with Crippen LogP contribution in [0.2, 0.25) is 0 Å². The molecule has 3 N–H and O–H groups in total. The zero-order valence-electron chi connectivity index (χ0n) is 9.35. The van der Waals surface area contributed by atoms with Crippen LogP contribution in [0.15, 0.2) is 6.07 Å². The molecular weight excluding hydrogens is 212 g/mol. The summed E-state index contributed by atoms with van der Waals surface area (Å²) < 4.78 is 9.90. The predicted molar refractivity (Wildman–Crippen MR) is 57.4 cm³/mol. The Bertz CT molecular complexity index is 361. The highest BCUT2D eigenvalue weighted by atomic mass is 16.5. The number of aromatic nitrogens is 2. The van der Waals surface area contributed by atoms with Gasteiger partial charge in [0.05, 0.1) is 20.3 Å². The van der Waals surface area contributed by atoms with Gasteiger partial charge in [0.25, 0.3) is 0 Å². The molecule has 1 unspecified atom stereocenters. The molecule has 7 heteroatoms. The minimum absolute atomic E-state index is 0.225. The van der Waals surface area contributed by atoms with Crippen LogP contribution >= 0.6 is 0 Å². The average molecular weight is 226 g/mol. The molecular formula is C9H14N4O3. The molecule has 0 aliphatic rings. The second kappa shape index (κ2) is 5.15. The van der Waals surface area contributed by atoms with E-state index in [1.165, 1.54) is 20.3 Å². The Hall–Kier alpha value is -2.05. The first-order valence-electron chi connectivity index (χ1n) is 4.59. The monoisotopic (exact) mass is 226 g/mol. The van der Waals surface area contributed by atoms with Crippen molar-refractivity contribution in [2.24, 2.45) is 5.73 Å². The molecule has 0 fully saturated rings. The Morgan fingerprint density at radius 3 is 2.25 bits per heavy atom. The number of anilines is 1. The van der Waals surface area contributed by atoms with E-state index in [0.29, 0.717) is 11.8 Å². The lowest BCUT2D eigenvalue weighted by Gasteiger charge is -2.11. The van der Waals surface area contributed by atoms with Crippen molar-refractivity contribution in [1.29, 1.82) is 0 Å². The van der Waals surface area contributed by atoms with Crippen LogP contribution in [0.3, 0.4) is 0 Å². The largest absolute Gasteiger partial charge is 0.481 e. The van der Waals surface area contributed by atoms with Gasteiger partial charge in [-0.1, -0.05) is 0 Å². The molecule has 88 valence electrons. The second-order valence-corrected chi connectivity index (χ2v) is 3.04. The lowest BCUT2D eigenvalue weighted by atomic mass is 10.3. The Morgan fingerprint density at radius 1 is 1.38 bits per heavy atom. The number of carbonyl (C=O) groups is 1. The van der Waals surface area contributed by atoms with Crippen molar-refractivity contribution in [3.63, 3.8) is 0 Å². The fraction of sp³-hybridized carbons (Fsp3) is 0.444. The zero-order valence-corrected chi connectivity index (χ0v) is 9.35. The third-order valence-corrected chi connectivity index (χ3v) is 1.87. The van der Waals surface area contributed by atoms with Gasteiger partial charge in [-0.25, -0.2) is 0 Å². The molecule has 1 atom stereocenters. The van der Waals surface area contributed by atoms with Gasteiger partial charge in [-0.05, 0) is 6.92 Å². The first kappa shape index (κ1) is 12.0. The smallest absolute Gasteiger partial charge is 0.239 e. The van der Waals surface area contributed by atoms with Crippen LogP contribution in [0.4, 0.5) is 5.95 Å². The number of rotatable bonds is 5. The van der Waals surface area contributed by atoms with Gasteiger partial charge in [-0.15, -0.1) is 0 Å². The minimum Gasteiger partial charge on any atom is -0.481 e. The zero-order chi connectivity index (χ0) is 12.1. The number of carbonyl (C=O) groups excluding carboxylic acids is 1. The van der Waals surface area contributed by atoms with Crippen LogP contribution in [-0.4, -0.2) is 36.1 Å². The molecule has 1 amide bonds. The van der Waals surface area contributed by atoms with E-state index < -0.39 is 11.9 Å². The normalized spacial score (nSPS) is 11.7. The van der Waals surface area contributed by atoms with Crippen LogP contribution in [0.25, 0.3) is 0 Å². The molecule has 16 heavy (non-hydrogen) atoms. The molecule has 1 heterocycles. The first-order valence-corrected chi connectivity index (χ1v) is 4.59. The molecule has 0 aromatic carbocycles. The molecule has 0 saturated heterocycles. The van der Waals surface area contributed by atoms with Gasteiger partial charge >= 0.3 is 0 Å². The summed E-state index contributed by atoms with van der Waals surface area (Å²) in [5, 5.41) is 2.73. The maximum Gasteiger partial charge on any atom is 0.239 e.